The first kappa shape index (κ1) is 12.8. The minimum atomic E-state index is -0.386. The first-order valence-corrected chi connectivity index (χ1v) is 6.26. The van der Waals surface area contributed by atoms with Crippen LogP contribution >= 0.6 is 0 Å². The van der Waals surface area contributed by atoms with Gasteiger partial charge in [-0.05, 0) is 32.3 Å². The highest BCUT2D eigenvalue weighted by Crippen LogP contribution is 2.30. The Hall–Kier alpha value is -1.62. The molecule has 2 N–H and O–H groups in total. The number of nitro benzene ring substituents is 1. The lowest BCUT2D eigenvalue weighted by atomic mass is 9.93. The monoisotopic (exact) mass is 250 g/mol. The Balaban J connectivity index is 2.18. The molecule has 0 bridgehead atoms. The van der Waals surface area contributed by atoms with E-state index in [1.165, 1.54) is 6.07 Å². The summed E-state index contributed by atoms with van der Waals surface area (Å²) in [5.74, 6) is 0.576. The second-order valence-electron chi connectivity index (χ2n) is 4.76. The number of hydrogen-bond acceptors (Lipinski definition) is 4. The van der Waals surface area contributed by atoms with Crippen molar-refractivity contribution in [2.24, 2.45) is 5.73 Å². The second kappa shape index (κ2) is 5.35. The summed E-state index contributed by atoms with van der Waals surface area (Å²) in [7, 11) is 0. The van der Waals surface area contributed by atoms with E-state index in [1.807, 2.05) is 0 Å². The zero-order valence-corrected chi connectivity index (χ0v) is 10.5. The van der Waals surface area contributed by atoms with Crippen LogP contribution < -0.4 is 10.5 Å². The molecular weight excluding hydrogens is 232 g/mol. The van der Waals surface area contributed by atoms with Crippen LogP contribution in [-0.2, 0) is 0 Å². The molecule has 2 atom stereocenters. The van der Waals surface area contributed by atoms with Crippen molar-refractivity contribution in [2.45, 2.75) is 44.8 Å². The lowest BCUT2D eigenvalue weighted by molar-refractivity contribution is -0.385. The number of nitrogens with two attached hydrogens (primary N) is 1. The molecule has 1 aliphatic rings. The van der Waals surface area contributed by atoms with E-state index in [0.29, 0.717) is 11.3 Å². The lowest BCUT2D eigenvalue weighted by Gasteiger charge is -2.29. The van der Waals surface area contributed by atoms with Gasteiger partial charge in [0.05, 0.1) is 10.5 Å². The van der Waals surface area contributed by atoms with Gasteiger partial charge >= 0.3 is 0 Å². The van der Waals surface area contributed by atoms with Gasteiger partial charge in [0.25, 0.3) is 5.69 Å². The van der Waals surface area contributed by atoms with E-state index in [2.05, 4.69) is 0 Å². The van der Waals surface area contributed by atoms with Gasteiger partial charge in [-0.3, -0.25) is 10.1 Å². The fraction of sp³-hybridized carbons (Fsp3) is 0.538. The van der Waals surface area contributed by atoms with Crippen LogP contribution in [0.3, 0.4) is 0 Å². The smallest absolute Gasteiger partial charge is 0.276 e. The highest BCUT2D eigenvalue weighted by atomic mass is 16.6. The van der Waals surface area contributed by atoms with E-state index >= 15 is 0 Å². The van der Waals surface area contributed by atoms with E-state index in [4.69, 9.17) is 10.5 Å². The van der Waals surface area contributed by atoms with Crippen LogP contribution in [0.15, 0.2) is 18.2 Å². The van der Waals surface area contributed by atoms with Crippen LogP contribution in [0.25, 0.3) is 0 Å². The van der Waals surface area contributed by atoms with Gasteiger partial charge in [0.15, 0.2) is 0 Å². The average molecular weight is 250 g/mol. The third-order valence-corrected chi connectivity index (χ3v) is 3.48. The Labute approximate surface area is 106 Å². The molecule has 5 heteroatoms. The molecule has 0 spiro atoms. The maximum absolute atomic E-state index is 10.9. The van der Waals surface area contributed by atoms with Crippen molar-refractivity contribution < 1.29 is 9.66 Å². The molecule has 0 amide bonds. The third-order valence-electron chi connectivity index (χ3n) is 3.48. The van der Waals surface area contributed by atoms with Crippen LogP contribution in [0.4, 0.5) is 5.69 Å². The first-order valence-electron chi connectivity index (χ1n) is 6.26. The van der Waals surface area contributed by atoms with Gasteiger partial charge in [-0.15, -0.1) is 0 Å². The molecular formula is C13H18N2O3. The minimum absolute atomic E-state index is 0.0254. The summed E-state index contributed by atoms with van der Waals surface area (Å²) in [4.78, 5) is 10.5. The maximum atomic E-state index is 10.9. The zero-order chi connectivity index (χ0) is 13.1. The predicted octanol–water partition coefficient (Wildman–Crippen LogP) is 2.55. The number of benzene rings is 1. The number of ether oxygens (including phenoxy) is 1. The molecule has 0 saturated heterocycles. The van der Waals surface area contributed by atoms with Crippen molar-refractivity contribution in [1.82, 2.24) is 0 Å². The molecule has 1 aromatic rings. The zero-order valence-electron chi connectivity index (χ0n) is 10.5. The van der Waals surface area contributed by atoms with Gasteiger partial charge in [-0.2, -0.15) is 0 Å². The number of rotatable bonds is 3. The summed E-state index contributed by atoms with van der Waals surface area (Å²) in [5, 5.41) is 10.9. The molecule has 2 rings (SSSR count). The number of hydrogen-bond donors (Lipinski definition) is 1. The second-order valence-corrected chi connectivity index (χ2v) is 4.76. The molecule has 18 heavy (non-hydrogen) atoms. The molecule has 0 heterocycles. The van der Waals surface area contributed by atoms with Gasteiger partial charge in [-0.1, -0.05) is 12.5 Å². The largest absolute Gasteiger partial charge is 0.488 e. The predicted molar refractivity (Wildman–Crippen MR) is 68.7 cm³/mol. The van der Waals surface area contributed by atoms with Gasteiger partial charge in [0.1, 0.15) is 11.9 Å². The molecule has 5 nitrogen and oxygen atoms in total. The van der Waals surface area contributed by atoms with Crippen LogP contribution in [0.1, 0.15) is 31.2 Å². The van der Waals surface area contributed by atoms with Gasteiger partial charge in [0.2, 0.25) is 0 Å². The highest BCUT2D eigenvalue weighted by molar-refractivity contribution is 5.48. The van der Waals surface area contributed by atoms with Crippen molar-refractivity contribution in [2.75, 3.05) is 0 Å². The van der Waals surface area contributed by atoms with Crippen molar-refractivity contribution in [3.63, 3.8) is 0 Å². The fourth-order valence-electron chi connectivity index (χ4n) is 2.36. The molecule has 0 aliphatic heterocycles. The summed E-state index contributed by atoms with van der Waals surface area (Å²) in [5.41, 5.74) is 6.68. The molecule has 0 radical (unpaired) electrons. The summed E-state index contributed by atoms with van der Waals surface area (Å²) >= 11 is 0. The van der Waals surface area contributed by atoms with Gasteiger partial charge in [0, 0.05) is 12.1 Å². The number of nitro groups is 1. The Morgan fingerprint density at radius 2 is 2.11 bits per heavy atom. The SMILES string of the molecule is Cc1c(OC2CCCCC2N)cccc1[N+](=O)[O-]. The van der Waals surface area contributed by atoms with E-state index in [-0.39, 0.29) is 22.8 Å². The third kappa shape index (κ3) is 2.61. The fourth-order valence-corrected chi connectivity index (χ4v) is 2.36. The molecule has 1 saturated carbocycles. The average Bonchev–Trinajstić information content (AvgIpc) is 2.34. The molecule has 1 aliphatic carbocycles. The van der Waals surface area contributed by atoms with Crippen LogP contribution in [-0.4, -0.2) is 17.1 Å². The molecule has 0 aromatic heterocycles. The lowest BCUT2D eigenvalue weighted by Crippen LogP contribution is -2.41. The summed E-state index contributed by atoms with van der Waals surface area (Å²) in [6, 6.07) is 4.93. The normalized spacial score (nSPS) is 23.7. The molecule has 2 unspecified atom stereocenters. The molecule has 1 aromatic carbocycles. The van der Waals surface area contributed by atoms with Crippen molar-refractivity contribution in [3.05, 3.63) is 33.9 Å². The Morgan fingerprint density at radius 3 is 2.78 bits per heavy atom. The molecule has 98 valence electrons. The van der Waals surface area contributed by atoms with Crippen molar-refractivity contribution in [1.29, 1.82) is 0 Å². The van der Waals surface area contributed by atoms with Crippen molar-refractivity contribution >= 4 is 5.69 Å². The quantitative estimate of drug-likeness (QED) is 0.660. The van der Waals surface area contributed by atoms with Crippen LogP contribution in [0.5, 0.6) is 5.75 Å². The minimum Gasteiger partial charge on any atom is -0.488 e. The van der Waals surface area contributed by atoms with E-state index in [9.17, 15) is 10.1 Å². The Kier molecular flexibility index (Phi) is 3.81. The molecule has 1 fully saturated rings. The van der Waals surface area contributed by atoms with Gasteiger partial charge in [-0.25, -0.2) is 0 Å². The van der Waals surface area contributed by atoms with Crippen molar-refractivity contribution in [3.8, 4) is 5.75 Å². The van der Waals surface area contributed by atoms with E-state index in [1.54, 1.807) is 19.1 Å². The van der Waals surface area contributed by atoms with E-state index in [0.717, 1.165) is 25.7 Å². The summed E-state index contributed by atoms with van der Waals surface area (Å²) in [6.45, 7) is 1.71. The standard InChI is InChI=1S/C13H18N2O3/c1-9-11(15(16)17)6-4-8-12(9)18-13-7-3-2-5-10(13)14/h4,6,8,10,13H,2-3,5,7,14H2,1H3. The Bertz CT molecular complexity index is 448. The Morgan fingerprint density at radius 1 is 1.39 bits per heavy atom. The van der Waals surface area contributed by atoms with Crippen LogP contribution in [0, 0.1) is 17.0 Å². The summed E-state index contributed by atoms with van der Waals surface area (Å²) in [6.07, 6.45) is 4.09. The van der Waals surface area contributed by atoms with Crippen LogP contribution in [0.2, 0.25) is 0 Å². The first-order chi connectivity index (χ1) is 8.59. The highest BCUT2D eigenvalue weighted by Gasteiger charge is 2.25. The van der Waals surface area contributed by atoms with Gasteiger partial charge < -0.3 is 10.5 Å². The topological polar surface area (TPSA) is 78.4 Å². The maximum Gasteiger partial charge on any atom is 0.276 e. The summed E-state index contributed by atoms with van der Waals surface area (Å²) < 4.78 is 5.86. The van der Waals surface area contributed by atoms with E-state index < -0.39 is 0 Å². The number of nitrogens with zero attached hydrogens (tertiary/aromatic N) is 1.